The van der Waals surface area contributed by atoms with Gasteiger partial charge in [0.1, 0.15) is 5.75 Å². The maximum absolute atomic E-state index is 11.5. The summed E-state index contributed by atoms with van der Waals surface area (Å²) in [5.74, 6) is -0.201. The molecule has 1 aliphatic heterocycles. The topological polar surface area (TPSA) is 55.8 Å². The Kier molecular flexibility index (Phi) is 3.33. The van der Waals surface area contributed by atoms with E-state index in [1.165, 1.54) is 0 Å². The largest absolute Gasteiger partial charge is 0.497 e. The Balaban J connectivity index is 2.34. The fourth-order valence-corrected chi connectivity index (χ4v) is 2.17. The summed E-state index contributed by atoms with van der Waals surface area (Å²) in [4.78, 5) is 11.5. The molecular weight excluding hydrogens is 220 g/mol. The van der Waals surface area contributed by atoms with Crippen LogP contribution in [-0.2, 0) is 15.1 Å². The molecule has 1 unspecified atom stereocenters. The van der Waals surface area contributed by atoms with Crippen LogP contribution < -0.4 is 4.74 Å². The van der Waals surface area contributed by atoms with Crippen LogP contribution in [0.2, 0.25) is 0 Å². The molecule has 17 heavy (non-hydrogen) atoms. The molecule has 0 amide bonds. The second-order valence-electron chi connectivity index (χ2n) is 4.17. The first-order valence-electron chi connectivity index (χ1n) is 5.71. The molecule has 92 valence electrons. The van der Waals surface area contributed by atoms with E-state index in [1.54, 1.807) is 31.4 Å². The van der Waals surface area contributed by atoms with Gasteiger partial charge in [-0.3, -0.25) is 0 Å². The number of benzene rings is 1. The molecule has 0 aliphatic carbocycles. The van der Waals surface area contributed by atoms with E-state index in [2.05, 4.69) is 0 Å². The minimum absolute atomic E-state index is 0.498. The highest BCUT2D eigenvalue weighted by molar-refractivity contribution is 5.79. The zero-order valence-electron chi connectivity index (χ0n) is 9.81. The van der Waals surface area contributed by atoms with Crippen molar-refractivity contribution in [3.8, 4) is 5.75 Å². The lowest BCUT2D eigenvalue weighted by Crippen LogP contribution is -2.41. The lowest BCUT2D eigenvalue weighted by atomic mass is 9.86. The molecule has 2 rings (SSSR count). The molecule has 1 aromatic carbocycles. The van der Waals surface area contributed by atoms with Gasteiger partial charge in [0.2, 0.25) is 0 Å². The van der Waals surface area contributed by atoms with E-state index in [-0.39, 0.29) is 0 Å². The fraction of sp³-hybridized carbons (Fsp3) is 0.462. The van der Waals surface area contributed by atoms with Gasteiger partial charge in [0, 0.05) is 6.61 Å². The minimum atomic E-state index is -1.18. The predicted octanol–water partition coefficient (Wildman–Crippen LogP) is 2.18. The Morgan fingerprint density at radius 2 is 2.06 bits per heavy atom. The van der Waals surface area contributed by atoms with Crippen molar-refractivity contribution in [1.82, 2.24) is 0 Å². The van der Waals surface area contributed by atoms with Gasteiger partial charge in [0.25, 0.3) is 0 Å². The number of aliphatic carboxylic acids is 1. The number of hydrogen-bond donors (Lipinski definition) is 1. The maximum atomic E-state index is 11.5. The standard InChI is InChI=1S/C13H16O4/c1-16-11-6-4-10(5-7-11)13(12(14)15)8-2-3-9-17-13/h4-7H,2-3,8-9H2,1H3,(H,14,15). The molecule has 1 heterocycles. The summed E-state index contributed by atoms with van der Waals surface area (Å²) in [5, 5.41) is 9.41. The molecule has 1 aliphatic rings. The second kappa shape index (κ2) is 4.75. The van der Waals surface area contributed by atoms with Crippen molar-refractivity contribution >= 4 is 5.97 Å². The summed E-state index contributed by atoms with van der Waals surface area (Å²) in [5.41, 5.74) is -0.490. The van der Waals surface area contributed by atoms with E-state index in [0.717, 1.165) is 12.8 Å². The van der Waals surface area contributed by atoms with Crippen LogP contribution in [0, 0.1) is 0 Å². The molecule has 1 N–H and O–H groups in total. The zero-order valence-corrected chi connectivity index (χ0v) is 9.81. The van der Waals surface area contributed by atoms with Gasteiger partial charge in [-0.2, -0.15) is 0 Å². The lowest BCUT2D eigenvalue weighted by molar-refractivity contribution is -0.174. The lowest BCUT2D eigenvalue weighted by Gasteiger charge is -2.33. The van der Waals surface area contributed by atoms with Gasteiger partial charge in [-0.1, -0.05) is 12.1 Å². The van der Waals surface area contributed by atoms with Gasteiger partial charge in [0.15, 0.2) is 5.60 Å². The van der Waals surface area contributed by atoms with E-state index < -0.39 is 11.6 Å². The third-order valence-electron chi connectivity index (χ3n) is 3.17. The monoisotopic (exact) mass is 236 g/mol. The van der Waals surface area contributed by atoms with Crippen LogP contribution in [0.1, 0.15) is 24.8 Å². The average molecular weight is 236 g/mol. The Bertz CT molecular complexity index is 390. The van der Waals surface area contributed by atoms with Crippen molar-refractivity contribution < 1.29 is 19.4 Å². The smallest absolute Gasteiger partial charge is 0.340 e. The Morgan fingerprint density at radius 1 is 1.35 bits per heavy atom. The fourth-order valence-electron chi connectivity index (χ4n) is 2.17. The van der Waals surface area contributed by atoms with Crippen LogP contribution in [-0.4, -0.2) is 24.8 Å². The number of rotatable bonds is 3. The van der Waals surface area contributed by atoms with Crippen molar-refractivity contribution in [2.24, 2.45) is 0 Å². The van der Waals surface area contributed by atoms with Crippen molar-refractivity contribution in [3.05, 3.63) is 29.8 Å². The van der Waals surface area contributed by atoms with Crippen molar-refractivity contribution in [2.75, 3.05) is 13.7 Å². The summed E-state index contributed by atoms with van der Waals surface area (Å²) in [6.45, 7) is 0.498. The molecule has 0 spiro atoms. The van der Waals surface area contributed by atoms with Gasteiger partial charge in [-0.05, 0) is 37.0 Å². The van der Waals surface area contributed by atoms with Crippen LogP contribution in [0.3, 0.4) is 0 Å². The van der Waals surface area contributed by atoms with Crippen LogP contribution in [0.15, 0.2) is 24.3 Å². The van der Waals surface area contributed by atoms with Crippen molar-refractivity contribution in [3.63, 3.8) is 0 Å². The van der Waals surface area contributed by atoms with E-state index in [4.69, 9.17) is 9.47 Å². The van der Waals surface area contributed by atoms with Gasteiger partial charge in [-0.15, -0.1) is 0 Å². The normalized spacial score (nSPS) is 24.3. The summed E-state index contributed by atoms with van der Waals surface area (Å²) < 4.78 is 10.6. The highest BCUT2D eigenvalue weighted by Gasteiger charge is 2.42. The minimum Gasteiger partial charge on any atom is -0.497 e. The molecule has 0 saturated carbocycles. The van der Waals surface area contributed by atoms with E-state index in [9.17, 15) is 9.90 Å². The van der Waals surface area contributed by atoms with Crippen LogP contribution in [0.4, 0.5) is 0 Å². The molecule has 1 fully saturated rings. The SMILES string of the molecule is COc1ccc(C2(C(=O)O)CCCCO2)cc1. The number of carboxylic acids is 1. The first-order valence-corrected chi connectivity index (χ1v) is 5.71. The van der Waals surface area contributed by atoms with Crippen LogP contribution in [0.5, 0.6) is 5.75 Å². The number of methoxy groups -OCH3 is 1. The molecule has 1 atom stereocenters. The van der Waals surface area contributed by atoms with Gasteiger partial charge in [0.05, 0.1) is 7.11 Å². The summed E-state index contributed by atoms with van der Waals surface area (Å²) in [6, 6.07) is 7.05. The summed E-state index contributed by atoms with van der Waals surface area (Å²) in [6.07, 6.45) is 2.32. The number of carbonyl (C=O) groups is 1. The van der Waals surface area contributed by atoms with Crippen molar-refractivity contribution in [2.45, 2.75) is 24.9 Å². The molecule has 4 heteroatoms. The quantitative estimate of drug-likeness (QED) is 0.873. The number of hydrogen-bond acceptors (Lipinski definition) is 3. The van der Waals surface area contributed by atoms with E-state index in [0.29, 0.717) is 24.3 Å². The molecule has 0 aromatic heterocycles. The van der Waals surface area contributed by atoms with E-state index >= 15 is 0 Å². The third-order valence-corrected chi connectivity index (χ3v) is 3.17. The third kappa shape index (κ3) is 2.13. The Morgan fingerprint density at radius 3 is 2.53 bits per heavy atom. The molecular formula is C13H16O4. The van der Waals surface area contributed by atoms with E-state index in [1.807, 2.05) is 0 Å². The molecule has 1 saturated heterocycles. The van der Waals surface area contributed by atoms with Crippen molar-refractivity contribution in [1.29, 1.82) is 0 Å². The van der Waals surface area contributed by atoms with Crippen LogP contribution >= 0.6 is 0 Å². The predicted molar refractivity (Wildman–Crippen MR) is 62.1 cm³/mol. The molecule has 1 aromatic rings. The summed E-state index contributed by atoms with van der Waals surface area (Å²) in [7, 11) is 1.58. The molecule has 0 radical (unpaired) electrons. The van der Waals surface area contributed by atoms with Gasteiger partial charge >= 0.3 is 5.97 Å². The summed E-state index contributed by atoms with van der Waals surface area (Å²) >= 11 is 0. The molecule has 4 nitrogen and oxygen atoms in total. The van der Waals surface area contributed by atoms with Gasteiger partial charge in [-0.25, -0.2) is 4.79 Å². The van der Waals surface area contributed by atoms with Gasteiger partial charge < -0.3 is 14.6 Å². The first-order chi connectivity index (χ1) is 8.19. The average Bonchev–Trinajstić information content (AvgIpc) is 2.39. The number of carboxylic acid groups (broad SMARTS) is 1. The highest BCUT2D eigenvalue weighted by Crippen LogP contribution is 2.36. The first kappa shape index (κ1) is 11.9. The number of ether oxygens (including phenoxy) is 2. The Hall–Kier alpha value is -1.55. The highest BCUT2D eigenvalue weighted by atomic mass is 16.5. The molecule has 0 bridgehead atoms. The van der Waals surface area contributed by atoms with Crippen LogP contribution in [0.25, 0.3) is 0 Å². The zero-order chi connectivity index (χ0) is 12.3. The Labute approximate surface area is 100 Å². The maximum Gasteiger partial charge on any atom is 0.340 e. The second-order valence-corrected chi connectivity index (χ2v) is 4.17.